The van der Waals surface area contributed by atoms with Gasteiger partial charge in [-0.15, -0.1) is 0 Å². The summed E-state index contributed by atoms with van der Waals surface area (Å²) in [6.07, 6.45) is 6.36. The van der Waals surface area contributed by atoms with Crippen molar-refractivity contribution in [2.45, 2.75) is 25.7 Å². The maximum absolute atomic E-state index is 6.97. The van der Waals surface area contributed by atoms with Crippen LogP contribution in [0.3, 0.4) is 0 Å². The standard InChI is InChI=1S/C16H15N3/c1-17-15(18-2)11-12-9-13-5-3-7-19-8-4-6-14(10-12)16(13)19/h9-11H,3-8H2. The average molecular weight is 249 g/mol. The van der Waals surface area contributed by atoms with Crippen LogP contribution in [0.4, 0.5) is 5.69 Å². The van der Waals surface area contributed by atoms with Gasteiger partial charge in [-0.05, 0) is 42.4 Å². The summed E-state index contributed by atoms with van der Waals surface area (Å²) in [5, 5.41) is 0. The van der Waals surface area contributed by atoms with Crippen molar-refractivity contribution in [1.29, 1.82) is 0 Å². The van der Waals surface area contributed by atoms with Crippen molar-refractivity contribution in [3.8, 4) is 0 Å². The van der Waals surface area contributed by atoms with E-state index < -0.39 is 0 Å². The van der Waals surface area contributed by atoms with Crippen LogP contribution < -0.4 is 4.90 Å². The fourth-order valence-corrected chi connectivity index (χ4v) is 3.15. The zero-order valence-electron chi connectivity index (χ0n) is 10.8. The van der Waals surface area contributed by atoms with Crippen molar-refractivity contribution in [1.82, 2.24) is 0 Å². The maximum Gasteiger partial charge on any atom is 0.519 e. The second-order valence-electron chi connectivity index (χ2n) is 5.11. The average Bonchev–Trinajstić information content (AvgIpc) is 2.45. The van der Waals surface area contributed by atoms with Gasteiger partial charge in [0.15, 0.2) is 0 Å². The number of hydrogen-bond donors (Lipinski definition) is 0. The highest BCUT2D eigenvalue weighted by Gasteiger charge is 2.24. The monoisotopic (exact) mass is 249 g/mol. The van der Waals surface area contributed by atoms with Gasteiger partial charge in [-0.1, -0.05) is 12.1 Å². The van der Waals surface area contributed by atoms with Crippen molar-refractivity contribution >= 4 is 11.8 Å². The van der Waals surface area contributed by atoms with Crippen LogP contribution in [0.25, 0.3) is 15.8 Å². The van der Waals surface area contributed by atoms with Crippen molar-refractivity contribution in [2.75, 3.05) is 18.0 Å². The quantitative estimate of drug-likeness (QED) is 0.693. The van der Waals surface area contributed by atoms with E-state index >= 15 is 0 Å². The Morgan fingerprint density at radius 2 is 1.63 bits per heavy atom. The lowest BCUT2D eigenvalue weighted by molar-refractivity contribution is 0.634. The first-order valence-corrected chi connectivity index (χ1v) is 6.69. The van der Waals surface area contributed by atoms with Crippen molar-refractivity contribution < 1.29 is 0 Å². The van der Waals surface area contributed by atoms with Gasteiger partial charge in [-0.3, -0.25) is 0 Å². The molecule has 2 heterocycles. The van der Waals surface area contributed by atoms with E-state index in [1.165, 1.54) is 42.7 Å². The van der Waals surface area contributed by atoms with Crippen LogP contribution in [0, 0.1) is 13.1 Å². The maximum atomic E-state index is 6.97. The molecule has 0 atom stereocenters. The Kier molecular flexibility index (Phi) is 2.97. The molecule has 2 aliphatic rings. The summed E-state index contributed by atoms with van der Waals surface area (Å²) in [5.74, 6) is 0.149. The minimum atomic E-state index is 0.149. The zero-order valence-corrected chi connectivity index (χ0v) is 10.8. The van der Waals surface area contributed by atoms with Crippen molar-refractivity contribution in [3.05, 3.63) is 57.5 Å². The highest BCUT2D eigenvalue weighted by atomic mass is 15.1. The van der Waals surface area contributed by atoms with Gasteiger partial charge in [-0.2, -0.15) is 9.69 Å². The van der Waals surface area contributed by atoms with Crippen LogP contribution in [0.2, 0.25) is 0 Å². The van der Waals surface area contributed by atoms with E-state index in [0.717, 1.165) is 18.4 Å². The largest absolute Gasteiger partial charge is 0.519 e. The third-order valence-corrected chi connectivity index (χ3v) is 3.88. The molecule has 0 amide bonds. The number of benzene rings is 1. The molecule has 0 saturated carbocycles. The molecule has 0 aliphatic carbocycles. The predicted molar refractivity (Wildman–Crippen MR) is 76.5 cm³/mol. The second kappa shape index (κ2) is 4.78. The fourth-order valence-electron chi connectivity index (χ4n) is 3.15. The van der Waals surface area contributed by atoms with E-state index in [-0.39, 0.29) is 5.82 Å². The molecule has 0 saturated heterocycles. The molecule has 19 heavy (non-hydrogen) atoms. The van der Waals surface area contributed by atoms with Crippen LogP contribution in [-0.2, 0) is 12.8 Å². The van der Waals surface area contributed by atoms with Crippen LogP contribution in [0.15, 0.2) is 18.0 Å². The first kappa shape index (κ1) is 11.8. The molecule has 0 spiro atoms. The first-order chi connectivity index (χ1) is 9.31. The van der Waals surface area contributed by atoms with E-state index in [1.807, 2.05) is 0 Å². The zero-order chi connectivity index (χ0) is 13.2. The Labute approximate surface area is 113 Å². The minimum absolute atomic E-state index is 0.149. The molecule has 3 heteroatoms. The van der Waals surface area contributed by atoms with Gasteiger partial charge in [0.1, 0.15) is 13.1 Å². The molecule has 0 bridgehead atoms. The summed E-state index contributed by atoms with van der Waals surface area (Å²) < 4.78 is 0. The second-order valence-corrected chi connectivity index (χ2v) is 5.11. The molecular formula is C16H15N3. The Morgan fingerprint density at radius 1 is 1.05 bits per heavy atom. The Morgan fingerprint density at radius 3 is 2.16 bits per heavy atom. The highest BCUT2D eigenvalue weighted by Crippen LogP contribution is 2.36. The molecule has 3 nitrogen and oxygen atoms in total. The van der Waals surface area contributed by atoms with Gasteiger partial charge in [0.25, 0.3) is 0 Å². The normalized spacial score (nSPS) is 16.0. The Balaban J connectivity index is 2.09. The number of aryl methyl sites for hydroxylation is 2. The Bertz CT molecular complexity index is 581. The summed E-state index contributed by atoms with van der Waals surface area (Å²) in [4.78, 5) is 8.99. The first-order valence-electron chi connectivity index (χ1n) is 6.69. The smallest absolute Gasteiger partial charge is 0.371 e. The Hall–Kier alpha value is -2.26. The van der Waals surface area contributed by atoms with Crippen molar-refractivity contribution in [3.63, 3.8) is 0 Å². The van der Waals surface area contributed by atoms with E-state index in [1.54, 1.807) is 6.08 Å². The minimum Gasteiger partial charge on any atom is -0.371 e. The van der Waals surface area contributed by atoms with Gasteiger partial charge >= 0.3 is 5.82 Å². The lowest BCUT2D eigenvalue weighted by Crippen LogP contribution is -2.34. The summed E-state index contributed by atoms with van der Waals surface area (Å²) >= 11 is 0. The molecule has 0 N–H and O–H groups in total. The molecule has 1 aromatic rings. The number of nitrogens with zero attached hydrogens (tertiary/aromatic N) is 3. The number of rotatable bonds is 1. The van der Waals surface area contributed by atoms with Crippen molar-refractivity contribution in [2.24, 2.45) is 0 Å². The van der Waals surface area contributed by atoms with Crippen LogP contribution in [0.1, 0.15) is 29.5 Å². The molecule has 94 valence electrons. The van der Waals surface area contributed by atoms with Gasteiger partial charge < -0.3 is 4.90 Å². The summed E-state index contributed by atoms with van der Waals surface area (Å²) in [6, 6.07) is 4.32. The molecule has 2 aliphatic heterocycles. The van der Waals surface area contributed by atoms with Gasteiger partial charge in [0, 0.05) is 24.9 Å². The third-order valence-electron chi connectivity index (χ3n) is 3.88. The molecular weight excluding hydrogens is 234 g/mol. The summed E-state index contributed by atoms with van der Waals surface area (Å²) in [7, 11) is 0. The van der Waals surface area contributed by atoms with Gasteiger partial charge in [-0.25, -0.2) is 0 Å². The van der Waals surface area contributed by atoms with E-state index in [4.69, 9.17) is 13.1 Å². The van der Waals surface area contributed by atoms with Crippen LogP contribution >= 0.6 is 0 Å². The highest BCUT2D eigenvalue weighted by molar-refractivity contribution is 5.69. The number of hydrogen-bond acceptors (Lipinski definition) is 1. The molecule has 1 aromatic carbocycles. The lowest BCUT2D eigenvalue weighted by Gasteiger charge is -2.37. The molecule has 0 aromatic heterocycles. The van der Waals surface area contributed by atoms with E-state index in [2.05, 4.69) is 26.7 Å². The molecule has 0 fully saturated rings. The van der Waals surface area contributed by atoms with E-state index in [0.29, 0.717) is 0 Å². The van der Waals surface area contributed by atoms with Crippen LogP contribution in [0.5, 0.6) is 0 Å². The topological polar surface area (TPSA) is 12.0 Å². The fraction of sp³-hybridized carbons (Fsp3) is 0.375. The number of anilines is 1. The van der Waals surface area contributed by atoms with Gasteiger partial charge in [0.2, 0.25) is 0 Å². The summed E-state index contributed by atoms with van der Waals surface area (Å²) in [5.41, 5.74) is 5.23. The molecule has 0 unspecified atom stereocenters. The van der Waals surface area contributed by atoms with E-state index in [9.17, 15) is 0 Å². The third kappa shape index (κ3) is 2.09. The predicted octanol–water partition coefficient (Wildman–Crippen LogP) is 3.52. The van der Waals surface area contributed by atoms with Crippen LogP contribution in [-0.4, -0.2) is 13.1 Å². The summed E-state index contributed by atoms with van der Waals surface area (Å²) in [6.45, 7) is 16.3. The lowest BCUT2D eigenvalue weighted by atomic mass is 9.90. The SMILES string of the molecule is [C-]#[N+]C(=Cc1cc2c3c(c1)CCCN3CCC2)[N+]#[C-]. The van der Waals surface area contributed by atoms with Gasteiger partial charge in [0.05, 0.1) is 0 Å². The molecule has 3 rings (SSSR count). The molecule has 0 radical (unpaired) electrons.